The van der Waals surface area contributed by atoms with Gasteiger partial charge in [0.1, 0.15) is 0 Å². The summed E-state index contributed by atoms with van der Waals surface area (Å²) >= 11 is 0. The maximum absolute atomic E-state index is 12.5. The number of aromatic carboxylic acids is 1. The van der Waals surface area contributed by atoms with Gasteiger partial charge in [-0.15, -0.1) is 0 Å². The van der Waals surface area contributed by atoms with Gasteiger partial charge in [-0.25, -0.2) is 18.2 Å². The lowest BCUT2D eigenvalue weighted by molar-refractivity contribution is 0.0696. The zero-order valence-corrected chi connectivity index (χ0v) is 12.3. The van der Waals surface area contributed by atoms with Crippen molar-refractivity contribution in [2.24, 2.45) is 11.8 Å². The second-order valence-electron chi connectivity index (χ2n) is 5.46. The van der Waals surface area contributed by atoms with E-state index in [1.165, 1.54) is 16.4 Å². The molecular weight excluding hydrogens is 280 g/mol. The molecule has 1 aromatic rings. The molecule has 2 heterocycles. The molecule has 0 spiro atoms. The molecule has 0 amide bonds. The Morgan fingerprint density at radius 2 is 1.90 bits per heavy atom. The van der Waals surface area contributed by atoms with Crippen LogP contribution in [0, 0.1) is 11.8 Å². The standard InChI is InChI=1S/C13H18N2O4S/c1-9-5-10(2)8-15(7-9)20(18,19)12-4-3-11(6-14-12)13(16)17/h3-4,6,9-10H,5,7-8H2,1-2H3,(H,16,17). The molecule has 0 aromatic carbocycles. The molecular formula is C13H18N2O4S. The molecule has 20 heavy (non-hydrogen) atoms. The quantitative estimate of drug-likeness (QED) is 0.912. The molecule has 1 aliphatic heterocycles. The van der Waals surface area contributed by atoms with E-state index in [0.717, 1.165) is 12.6 Å². The SMILES string of the molecule is CC1CC(C)CN(S(=O)(=O)c2ccc(C(=O)O)cn2)C1. The molecule has 1 aliphatic rings. The van der Waals surface area contributed by atoms with Crippen LogP contribution in [0.2, 0.25) is 0 Å². The number of carboxylic acids is 1. The van der Waals surface area contributed by atoms with Crippen LogP contribution < -0.4 is 0 Å². The third kappa shape index (κ3) is 2.99. The summed E-state index contributed by atoms with van der Waals surface area (Å²) in [6, 6.07) is 2.52. The summed E-state index contributed by atoms with van der Waals surface area (Å²) in [5.74, 6) is -0.500. The molecule has 6 nitrogen and oxygen atoms in total. The van der Waals surface area contributed by atoms with E-state index in [0.29, 0.717) is 24.9 Å². The predicted octanol–water partition coefficient (Wildman–Crippen LogP) is 1.45. The third-order valence-corrected chi connectivity index (χ3v) is 5.17. The molecule has 0 bridgehead atoms. The molecule has 2 atom stereocenters. The first-order chi connectivity index (χ1) is 9.30. The summed E-state index contributed by atoms with van der Waals surface area (Å²) in [4.78, 5) is 14.5. The molecule has 2 rings (SSSR count). The first kappa shape index (κ1) is 14.9. The fraction of sp³-hybridized carbons (Fsp3) is 0.538. The van der Waals surface area contributed by atoms with E-state index in [4.69, 9.17) is 5.11 Å². The molecule has 2 unspecified atom stereocenters. The minimum atomic E-state index is -3.64. The number of rotatable bonds is 3. The van der Waals surface area contributed by atoms with Gasteiger partial charge in [-0.3, -0.25) is 0 Å². The monoisotopic (exact) mass is 298 g/mol. The van der Waals surface area contributed by atoms with Crippen molar-refractivity contribution in [3.63, 3.8) is 0 Å². The van der Waals surface area contributed by atoms with Gasteiger partial charge in [-0.2, -0.15) is 4.31 Å². The van der Waals surface area contributed by atoms with Gasteiger partial charge in [-0.1, -0.05) is 13.8 Å². The van der Waals surface area contributed by atoms with Crippen molar-refractivity contribution < 1.29 is 18.3 Å². The van der Waals surface area contributed by atoms with Crippen molar-refractivity contribution >= 4 is 16.0 Å². The van der Waals surface area contributed by atoms with E-state index in [1.54, 1.807) is 0 Å². The van der Waals surface area contributed by atoms with E-state index in [9.17, 15) is 13.2 Å². The molecule has 1 fully saturated rings. The Hall–Kier alpha value is -1.47. The van der Waals surface area contributed by atoms with Crippen LogP contribution in [0.1, 0.15) is 30.6 Å². The van der Waals surface area contributed by atoms with Crippen LogP contribution in [0.4, 0.5) is 0 Å². The number of piperidine rings is 1. The summed E-state index contributed by atoms with van der Waals surface area (Å²) in [6.07, 6.45) is 2.09. The average Bonchev–Trinajstić information content (AvgIpc) is 2.37. The fourth-order valence-corrected chi connectivity index (χ4v) is 4.19. The number of hydrogen-bond acceptors (Lipinski definition) is 4. The Balaban J connectivity index is 2.27. The number of aromatic nitrogens is 1. The van der Waals surface area contributed by atoms with E-state index >= 15 is 0 Å². The van der Waals surface area contributed by atoms with Gasteiger partial charge in [0.25, 0.3) is 10.0 Å². The minimum Gasteiger partial charge on any atom is -0.478 e. The third-order valence-electron chi connectivity index (χ3n) is 3.42. The van der Waals surface area contributed by atoms with Crippen LogP contribution in [0.5, 0.6) is 0 Å². The van der Waals surface area contributed by atoms with Crippen LogP contribution >= 0.6 is 0 Å². The van der Waals surface area contributed by atoms with Gasteiger partial charge in [0.2, 0.25) is 0 Å². The number of carbonyl (C=O) groups is 1. The minimum absolute atomic E-state index is 0.0238. The van der Waals surface area contributed by atoms with Crippen LogP contribution in [0.3, 0.4) is 0 Å². The number of sulfonamides is 1. The molecule has 0 aliphatic carbocycles. The van der Waals surface area contributed by atoms with Crippen molar-refractivity contribution in [2.75, 3.05) is 13.1 Å². The average molecular weight is 298 g/mol. The van der Waals surface area contributed by atoms with Gasteiger partial charge in [0.05, 0.1) is 5.56 Å². The number of pyridine rings is 1. The number of carboxylic acid groups (broad SMARTS) is 1. The van der Waals surface area contributed by atoms with Crippen molar-refractivity contribution in [2.45, 2.75) is 25.3 Å². The van der Waals surface area contributed by atoms with Gasteiger partial charge < -0.3 is 5.11 Å². The molecule has 7 heteroatoms. The molecule has 1 aromatic heterocycles. The molecule has 0 saturated carbocycles. The number of nitrogens with zero attached hydrogens (tertiary/aromatic N) is 2. The Morgan fingerprint density at radius 3 is 2.35 bits per heavy atom. The summed E-state index contributed by atoms with van der Waals surface area (Å²) in [5, 5.41) is 8.70. The fourth-order valence-electron chi connectivity index (χ4n) is 2.59. The Morgan fingerprint density at radius 1 is 1.30 bits per heavy atom. The summed E-state index contributed by atoms with van der Waals surface area (Å²) in [6.45, 7) is 5.02. The zero-order chi connectivity index (χ0) is 14.9. The highest BCUT2D eigenvalue weighted by Crippen LogP contribution is 2.25. The highest BCUT2D eigenvalue weighted by molar-refractivity contribution is 7.89. The molecule has 0 radical (unpaired) electrons. The first-order valence-corrected chi connectivity index (χ1v) is 7.94. The van der Waals surface area contributed by atoms with E-state index in [1.807, 2.05) is 13.8 Å². The van der Waals surface area contributed by atoms with E-state index in [-0.39, 0.29) is 10.6 Å². The molecule has 1 saturated heterocycles. The van der Waals surface area contributed by atoms with Gasteiger partial charge in [-0.05, 0) is 30.4 Å². The van der Waals surface area contributed by atoms with Crippen LogP contribution in [0.25, 0.3) is 0 Å². The smallest absolute Gasteiger partial charge is 0.337 e. The van der Waals surface area contributed by atoms with E-state index in [2.05, 4.69) is 4.98 Å². The predicted molar refractivity (Wildman–Crippen MR) is 72.9 cm³/mol. The normalized spacial score (nSPS) is 24.5. The van der Waals surface area contributed by atoms with Crippen molar-refractivity contribution in [3.8, 4) is 0 Å². The lowest BCUT2D eigenvalue weighted by Crippen LogP contribution is -2.42. The van der Waals surface area contributed by atoms with Crippen molar-refractivity contribution in [3.05, 3.63) is 23.9 Å². The number of hydrogen-bond donors (Lipinski definition) is 1. The van der Waals surface area contributed by atoms with Crippen molar-refractivity contribution in [1.82, 2.24) is 9.29 Å². The van der Waals surface area contributed by atoms with Crippen LogP contribution in [-0.2, 0) is 10.0 Å². The van der Waals surface area contributed by atoms with Crippen LogP contribution in [0.15, 0.2) is 23.4 Å². The summed E-state index contributed by atoms with van der Waals surface area (Å²) in [7, 11) is -3.64. The van der Waals surface area contributed by atoms with E-state index < -0.39 is 16.0 Å². The molecule has 110 valence electrons. The maximum Gasteiger partial charge on any atom is 0.337 e. The lowest BCUT2D eigenvalue weighted by atomic mass is 9.94. The van der Waals surface area contributed by atoms with Gasteiger partial charge >= 0.3 is 5.97 Å². The maximum atomic E-state index is 12.5. The lowest BCUT2D eigenvalue weighted by Gasteiger charge is -2.33. The second-order valence-corrected chi connectivity index (χ2v) is 7.34. The second kappa shape index (κ2) is 5.49. The topological polar surface area (TPSA) is 87.6 Å². The van der Waals surface area contributed by atoms with Crippen molar-refractivity contribution in [1.29, 1.82) is 0 Å². The Bertz CT molecular complexity index is 587. The Kier molecular flexibility index (Phi) is 4.10. The molecule has 1 N–H and O–H groups in total. The van der Waals surface area contributed by atoms with Crippen LogP contribution in [-0.4, -0.2) is 41.9 Å². The first-order valence-electron chi connectivity index (χ1n) is 6.50. The van der Waals surface area contributed by atoms with Gasteiger partial charge in [0, 0.05) is 19.3 Å². The largest absolute Gasteiger partial charge is 0.478 e. The highest BCUT2D eigenvalue weighted by Gasteiger charge is 2.32. The summed E-state index contributed by atoms with van der Waals surface area (Å²) < 4.78 is 26.4. The van der Waals surface area contributed by atoms with Gasteiger partial charge in [0.15, 0.2) is 5.03 Å². The highest BCUT2D eigenvalue weighted by atomic mass is 32.2. The Labute approximate surface area is 118 Å². The summed E-state index contributed by atoms with van der Waals surface area (Å²) in [5.41, 5.74) is -0.0238. The zero-order valence-electron chi connectivity index (χ0n) is 11.5.